The van der Waals surface area contributed by atoms with Crippen LogP contribution >= 0.6 is 0 Å². The van der Waals surface area contributed by atoms with Gasteiger partial charge in [-0.3, -0.25) is 4.99 Å². The third-order valence-corrected chi connectivity index (χ3v) is 3.62. The SMILES string of the molecule is Nc1nc(NCc2ncco2)c2ccc(C3=CC=NC3)cc2n1. The van der Waals surface area contributed by atoms with Gasteiger partial charge in [-0.15, -0.1) is 0 Å². The van der Waals surface area contributed by atoms with Gasteiger partial charge in [-0.2, -0.15) is 4.98 Å². The number of aromatic nitrogens is 3. The number of allylic oxidation sites excluding steroid dienone is 1. The van der Waals surface area contributed by atoms with Gasteiger partial charge in [0.1, 0.15) is 12.1 Å². The maximum Gasteiger partial charge on any atom is 0.222 e. The third-order valence-electron chi connectivity index (χ3n) is 3.62. The number of oxazole rings is 1. The maximum atomic E-state index is 5.84. The van der Waals surface area contributed by atoms with Crippen LogP contribution in [0.15, 0.2) is 46.1 Å². The Labute approximate surface area is 132 Å². The smallest absolute Gasteiger partial charge is 0.222 e. The van der Waals surface area contributed by atoms with Crippen molar-refractivity contribution in [1.82, 2.24) is 15.0 Å². The van der Waals surface area contributed by atoms with E-state index in [9.17, 15) is 0 Å². The minimum absolute atomic E-state index is 0.223. The lowest BCUT2D eigenvalue weighted by Crippen LogP contribution is -2.05. The third kappa shape index (κ3) is 2.64. The van der Waals surface area contributed by atoms with Crippen LogP contribution in [0.4, 0.5) is 11.8 Å². The minimum atomic E-state index is 0.223. The Morgan fingerprint density at radius 1 is 1.26 bits per heavy atom. The molecule has 0 saturated heterocycles. The van der Waals surface area contributed by atoms with E-state index in [0.29, 0.717) is 24.8 Å². The summed E-state index contributed by atoms with van der Waals surface area (Å²) >= 11 is 0. The van der Waals surface area contributed by atoms with Crippen LogP contribution in [-0.4, -0.2) is 27.7 Å². The summed E-state index contributed by atoms with van der Waals surface area (Å²) < 4.78 is 5.21. The molecule has 0 radical (unpaired) electrons. The number of nitrogens with one attached hydrogen (secondary N) is 1. The van der Waals surface area contributed by atoms with Gasteiger partial charge in [-0.1, -0.05) is 6.07 Å². The zero-order valence-corrected chi connectivity index (χ0v) is 12.2. The van der Waals surface area contributed by atoms with Crippen LogP contribution < -0.4 is 11.1 Å². The van der Waals surface area contributed by atoms with Gasteiger partial charge in [0.2, 0.25) is 11.8 Å². The molecular weight excluding hydrogens is 292 g/mol. The van der Waals surface area contributed by atoms with E-state index in [4.69, 9.17) is 10.2 Å². The molecule has 1 aliphatic rings. The Morgan fingerprint density at radius 2 is 2.22 bits per heavy atom. The highest BCUT2D eigenvalue weighted by atomic mass is 16.3. The maximum absolute atomic E-state index is 5.84. The van der Waals surface area contributed by atoms with Crippen molar-refractivity contribution in [2.75, 3.05) is 17.6 Å². The van der Waals surface area contributed by atoms with Crippen molar-refractivity contribution in [2.45, 2.75) is 6.54 Å². The van der Waals surface area contributed by atoms with Gasteiger partial charge in [-0.05, 0) is 29.3 Å². The summed E-state index contributed by atoms with van der Waals surface area (Å²) in [7, 11) is 0. The molecule has 0 atom stereocenters. The van der Waals surface area contributed by atoms with Crippen LogP contribution in [0.5, 0.6) is 0 Å². The highest BCUT2D eigenvalue weighted by molar-refractivity contribution is 5.95. The summed E-state index contributed by atoms with van der Waals surface area (Å²) in [6.07, 6.45) is 6.96. The van der Waals surface area contributed by atoms with Crippen LogP contribution in [-0.2, 0) is 6.54 Å². The molecule has 1 aliphatic heterocycles. The first-order chi connectivity index (χ1) is 11.3. The van der Waals surface area contributed by atoms with Crippen LogP contribution in [0, 0.1) is 0 Å². The summed E-state index contributed by atoms with van der Waals surface area (Å²) in [5, 5.41) is 4.09. The lowest BCUT2D eigenvalue weighted by atomic mass is 10.0. The number of aliphatic imine (C=N–C) groups is 1. The van der Waals surface area contributed by atoms with Gasteiger partial charge >= 0.3 is 0 Å². The molecule has 23 heavy (non-hydrogen) atoms. The fourth-order valence-electron chi connectivity index (χ4n) is 2.52. The molecule has 4 rings (SSSR count). The van der Waals surface area contributed by atoms with E-state index in [1.54, 1.807) is 6.20 Å². The first-order valence-electron chi connectivity index (χ1n) is 7.18. The number of nitrogen functional groups attached to an aromatic ring is 1. The van der Waals surface area contributed by atoms with E-state index in [-0.39, 0.29) is 5.95 Å². The molecule has 3 N–H and O–H groups in total. The molecule has 0 amide bonds. The molecule has 2 aromatic heterocycles. The van der Waals surface area contributed by atoms with Crippen molar-refractivity contribution in [3.63, 3.8) is 0 Å². The van der Waals surface area contributed by atoms with Crippen molar-refractivity contribution >= 4 is 34.5 Å². The Hall–Kier alpha value is -3.22. The zero-order chi connectivity index (χ0) is 15.6. The molecule has 1 aromatic carbocycles. The summed E-state index contributed by atoms with van der Waals surface area (Å²) in [4.78, 5) is 16.9. The molecular formula is C16H14N6O. The molecule has 7 heteroatoms. The Balaban J connectivity index is 1.70. The zero-order valence-electron chi connectivity index (χ0n) is 12.2. The second kappa shape index (κ2) is 5.53. The average molecular weight is 306 g/mol. The first kappa shape index (κ1) is 13.4. The standard InChI is InChI=1S/C16H14N6O/c17-16-21-13-7-10(11-3-4-18-8-11)1-2-12(13)15(22-16)20-9-14-19-5-6-23-14/h1-7H,8-9H2,(H3,17,20,21,22). The lowest BCUT2D eigenvalue weighted by Gasteiger charge is -2.10. The summed E-state index contributed by atoms with van der Waals surface area (Å²) in [6, 6.07) is 6.03. The Bertz CT molecular complexity index is 914. The van der Waals surface area contributed by atoms with Gasteiger partial charge in [0, 0.05) is 11.6 Å². The molecule has 3 aromatic rings. The molecule has 0 unspecified atom stereocenters. The average Bonchev–Trinajstić information content (AvgIpc) is 3.25. The molecule has 114 valence electrons. The Morgan fingerprint density at radius 3 is 3.00 bits per heavy atom. The molecule has 0 spiro atoms. The number of fused-ring (bicyclic) bond motifs is 1. The normalized spacial score (nSPS) is 13.5. The largest absolute Gasteiger partial charge is 0.447 e. The van der Waals surface area contributed by atoms with Crippen LogP contribution in [0.25, 0.3) is 16.5 Å². The van der Waals surface area contributed by atoms with E-state index in [1.807, 2.05) is 30.5 Å². The topological polar surface area (TPSA) is 102 Å². The molecule has 0 bridgehead atoms. The van der Waals surface area contributed by atoms with Gasteiger partial charge in [0.15, 0.2) is 0 Å². The van der Waals surface area contributed by atoms with Crippen LogP contribution in [0.2, 0.25) is 0 Å². The number of hydrogen-bond donors (Lipinski definition) is 2. The number of benzene rings is 1. The van der Waals surface area contributed by atoms with E-state index in [1.165, 1.54) is 11.8 Å². The van der Waals surface area contributed by atoms with Crippen molar-refractivity contribution in [1.29, 1.82) is 0 Å². The highest BCUT2D eigenvalue weighted by Crippen LogP contribution is 2.26. The Kier molecular flexibility index (Phi) is 3.23. The predicted octanol–water partition coefficient (Wildman–Crippen LogP) is 2.28. The summed E-state index contributed by atoms with van der Waals surface area (Å²) in [5.41, 5.74) is 8.88. The number of nitrogens with zero attached hydrogens (tertiary/aromatic N) is 4. The van der Waals surface area contributed by atoms with Crippen molar-refractivity contribution < 1.29 is 4.42 Å². The van der Waals surface area contributed by atoms with Crippen molar-refractivity contribution in [2.24, 2.45) is 4.99 Å². The van der Waals surface area contributed by atoms with Gasteiger partial charge < -0.3 is 15.5 Å². The number of hydrogen-bond acceptors (Lipinski definition) is 7. The summed E-state index contributed by atoms with van der Waals surface area (Å²) in [6.45, 7) is 1.13. The van der Waals surface area contributed by atoms with Crippen LogP contribution in [0.1, 0.15) is 11.5 Å². The van der Waals surface area contributed by atoms with Crippen molar-refractivity contribution in [3.05, 3.63) is 48.2 Å². The summed E-state index contributed by atoms with van der Waals surface area (Å²) in [5.74, 6) is 1.47. The number of nitrogens with two attached hydrogens (primary N) is 1. The van der Waals surface area contributed by atoms with E-state index in [2.05, 4.69) is 25.3 Å². The molecule has 0 aliphatic carbocycles. The number of anilines is 2. The van der Waals surface area contributed by atoms with Gasteiger partial charge in [-0.25, -0.2) is 9.97 Å². The minimum Gasteiger partial charge on any atom is -0.447 e. The first-order valence-corrected chi connectivity index (χ1v) is 7.18. The molecule has 0 fully saturated rings. The van der Waals surface area contributed by atoms with E-state index < -0.39 is 0 Å². The van der Waals surface area contributed by atoms with Crippen molar-refractivity contribution in [3.8, 4) is 0 Å². The molecule has 0 saturated carbocycles. The molecule has 3 heterocycles. The van der Waals surface area contributed by atoms with Gasteiger partial charge in [0.25, 0.3) is 0 Å². The highest BCUT2D eigenvalue weighted by Gasteiger charge is 2.10. The van der Waals surface area contributed by atoms with E-state index in [0.717, 1.165) is 16.5 Å². The lowest BCUT2D eigenvalue weighted by molar-refractivity contribution is 0.503. The van der Waals surface area contributed by atoms with Gasteiger partial charge in [0.05, 0.1) is 24.8 Å². The van der Waals surface area contributed by atoms with Crippen LogP contribution in [0.3, 0.4) is 0 Å². The molecule has 7 nitrogen and oxygen atoms in total. The second-order valence-electron chi connectivity index (χ2n) is 5.12. The predicted molar refractivity (Wildman–Crippen MR) is 89.1 cm³/mol. The fourth-order valence-corrected chi connectivity index (χ4v) is 2.52. The van der Waals surface area contributed by atoms with E-state index >= 15 is 0 Å². The second-order valence-corrected chi connectivity index (χ2v) is 5.12. The number of rotatable bonds is 4. The fraction of sp³-hybridized carbons (Fsp3) is 0.125. The quantitative estimate of drug-likeness (QED) is 0.766. The monoisotopic (exact) mass is 306 g/mol.